The van der Waals surface area contributed by atoms with E-state index in [0.29, 0.717) is 18.8 Å². The molecule has 3 aromatic rings. The number of fused-ring (bicyclic) bond motifs is 2. The topological polar surface area (TPSA) is 32.3 Å². The van der Waals surface area contributed by atoms with E-state index < -0.39 is 35.0 Å². The van der Waals surface area contributed by atoms with Crippen molar-refractivity contribution in [3.8, 4) is 0 Å². The Labute approximate surface area is 246 Å². The number of likely N-dealkylation sites (tertiary alicyclic amines) is 1. The van der Waals surface area contributed by atoms with Gasteiger partial charge in [0.1, 0.15) is 0 Å². The molecule has 1 amide bonds. The molecule has 4 atom stereocenters. The lowest BCUT2D eigenvalue weighted by molar-refractivity contribution is -0.138. The molecule has 43 heavy (non-hydrogen) atoms. The van der Waals surface area contributed by atoms with Crippen molar-refractivity contribution in [2.24, 2.45) is 5.92 Å². The minimum absolute atomic E-state index is 0.00453. The number of hydrogen-bond acceptors (Lipinski definition) is 2. The van der Waals surface area contributed by atoms with Crippen LogP contribution in [-0.4, -0.2) is 29.9 Å². The Hall–Kier alpha value is -3.59. The fourth-order valence-corrected chi connectivity index (χ4v) is 7.49. The lowest BCUT2D eigenvalue weighted by Gasteiger charge is -2.46. The third kappa shape index (κ3) is 5.48. The molecule has 9 heteroatoms. The Bertz CT molecular complexity index is 1560. The monoisotopic (exact) mass is 598 g/mol. The molecule has 2 fully saturated rings. The third-order valence-corrected chi connectivity index (χ3v) is 9.68. The van der Waals surface area contributed by atoms with Crippen LogP contribution >= 0.6 is 0 Å². The van der Waals surface area contributed by atoms with Gasteiger partial charge >= 0.3 is 12.4 Å². The van der Waals surface area contributed by atoms with E-state index in [0.717, 1.165) is 50.2 Å². The summed E-state index contributed by atoms with van der Waals surface area (Å²) < 4.78 is 83.0. The molecule has 1 N–H and O–H groups in total. The molecule has 4 unspecified atom stereocenters. The molecule has 0 aromatic heterocycles. The van der Waals surface area contributed by atoms with Gasteiger partial charge in [-0.3, -0.25) is 4.79 Å². The van der Waals surface area contributed by atoms with Gasteiger partial charge in [-0.2, -0.15) is 26.3 Å². The number of amides is 1. The smallest absolute Gasteiger partial charge is 0.322 e. The standard InChI is InChI=1S/C34H32F6N2O/c1-21-20-42(17-16-32(21)15-14-22-6-2-4-8-28(22)32)25-12-10-23(18-25)26-13-11-24(19-30(26)34(38,39)40)41-31(43)27-7-3-5-9-29(27)33(35,36)37/h2-9,11,13-15,19,21,23,25H,10,12,16-18,20H2,1H3,(H,41,43). The number of anilines is 1. The molecule has 3 aliphatic rings. The largest absolute Gasteiger partial charge is 0.417 e. The summed E-state index contributed by atoms with van der Waals surface area (Å²) in [5.74, 6) is -1.07. The summed E-state index contributed by atoms with van der Waals surface area (Å²) in [6, 6.07) is 16.4. The zero-order valence-corrected chi connectivity index (χ0v) is 23.6. The molecule has 2 aliphatic carbocycles. The number of carbonyl (C=O) groups excluding carboxylic acids is 1. The van der Waals surface area contributed by atoms with Gasteiger partial charge in [0.15, 0.2) is 0 Å². The molecule has 0 radical (unpaired) electrons. The van der Waals surface area contributed by atoms with Crippen LogP contribution in [-0.2, 0) is 17.8 Å². The zero-order chi connectivity index (χ0) is 30.6. The lowest BCUT2D eigenvalue weighted by Crippen LogP contribution is -2.50. The number of nitrogens with one attached hydrogen (secondary N) is 1. The fraction of sp³-hybridized carbons (Fsp3) is 0.382. The number of piperidine rings is 1. The van der Waals surface area contributed by atoms with E-state index in [1.807, 2.05) is 6.07 Å². The van der Waals surface area contributed by atoms with E-state index in [4.69, 9.17) is 0 Å². The second-order valence-corrected chi connectivity index (χ2v) is 12.1. The molecule has 1 aliphatic heterocycles. The molecule has 1 saturated heterocycles. The molecule has 6 rings (SSSR count). The Morgan fingerprint density at radius 1 is 0.907 bits per heavy atom. The fourth-order valence-electron chi connectivity index (χ4n) is 7.49. The van der Waals surface area contributed by atoms with Gasteiger partial charge in [0, 0.05) is 23.7 Å². The minimum Gasteiger partial charge on any atom is -0.322 e. The molecule has 3 nitrogen and oxygen atoms in total. The summed E-state index contributed by atoms with van der Waals surface area (Å²) in [5, 5.41) is 2.24. The van der Waals surface area contributed by atoms with Crippen molar-refractivity contribution < 1.29 is 31.1 Å². The lowest BCUT2D eigenvalue weighted by atomic mass is 9.68. The van der Waals surface area contributed by atoms with E-state index in [1.54, 1.807) is 0 Å². The molecule has 0 bridgehead atoms. The molecular weight excluding hydrogens is 566 g/mol. The van der Waals surface area contributed by atoms with Crippen LogP contribution < -0.4 is 5.32 Å². The van der Waals surface area contributed by atoms with E-state index in [-0.39, 0.29) is 28.6 Å². The van der Waals surface area contributed by atoms with Crippen molar-refractivity contribution in [1.29, 1.82) is 0 Å². The van der Waals surface area contributed by atoms with Gasteiger partial charge in [-0.1, -0.05) is 61.5 Å². The highest BCUT2D eigenvalue weighted by molar-refractivity contribution is 6.05. The van der Waals surface area contributed by atoms with Gasteiger partial charge < -0.3 is 10.2 Å². The van der Waals surface area contributed by atoms with E-state index in [9.17, 15) is 31.1 Å². The summed E-state index contributed by atoms with van der Waals surface area (Å²) in [4.78, 5) is 15.1. The number of hydrogen-bond donors (Lipinski definition) is 1. The third-order valence-electron chi connectivity index (χ3n) is 9.68. The molecule has 1 spiro atoms. The average Bonchev–Trinajstić information content (AvgIpc) is 3.60. The molecule has 226 valence electrons. The predicted octanol–water partition coefficient (Wildman–Crippen LogP) is 8.92. The maximum absolute atomic E-state index is 14.3. The minimum atomic E-state index is -4.78. The van der Waals surface area contributed by atoms with Gasteiger partial charge in [-0.05, 0) is 85.0 Å². The van der Waals surface area contributed by atoms with Crippen molar-refractivity contribution in [3.05, 3.63) is 106 Å². The average molecular weight is 599 g/mol. The van der Waals surface area contributed by atoms with Gasteiger partial charge in [0.05, 0.1) is 16.7 Å². The quantitative estimate of drug-likeness (QED) is 0.304. The van der Waals surface area contributed by atoms with Gasteiger partial charge in [-0.15, -0.1) is 0 Å². The maximum Gasteiger partial charge on any atom is 0.417 e. The number of allylic oxidation sites excluding steroid dienone is 1. The SMILES string of the molecule is CC1CN(C2CCC(c3ccc(NC(=O)c4ccccc4C(F)(F)F)cc3C(F)(F)F)C2)CCC12C=Cc1ccccc12. The first kappa shape index (κ1) is 29.5. The molecule has 3 aromatic carbocycles. The Balaban J connectivity index is 1.17. The molecule has 1 saturated carbocycles. The van der Waals surface area contributed by atoms with Crippen LogP contribution in [0.3, 0.4) is 0 Å². The zero-order valence-electron chi connectivity index (χ0n) is 23.6. The van der Waals surface area contributed by atoms with Crippen LogP contribution in [0.4, 0.5) is 32.0 Å². The first-order chi connectivity index (χ1) is 20.4. The van der Waals surface area contributed by atoms with E-state index >= 15 is 0 Å². The number of rotatable bonds is 4. The van der Waals surface area contributed by atoms with Crippen LogP contribution in [0.25, 0.3) is 6.08 Å². The summed E-state index contributed by atoms with van der Waals surface area (Å²) >= 11 is 0. The molecule has 1 heterocycles. The highest BCUT2D eigenvalue weighted by atomic mass is 19.4. The van der Waals surface area contributed by atoms with Crippen molar-refractivity contribution in [2.75, 3.05) is 18.4 Å². The Morgan fingerprint density at radius 2 is 1.63 bits per heavy atom. The van der Waals surface area contributed by atoms with Gasteiger partial charge in [-0.25, -0.2) is 0 Å². The van der Waals surface area contributed by atoms with Crippen LogP contribution in [0.5, 0.6) is 0 Å². The normalized spacial score (nSPS) is 25.7. The summed E-state index contributed by atoms with van der Waals surface area (Å²) in [6.45, 7) is 4.00. The Kier molecular flexibility index (Phi) is 7.43. The number of alkyl halides is 6. The van der Waals surface area contributed by atoms with E-state index in [2.05, 4.69) is 47.5 Å². The number of nitrogens with zero attached hydrogens (tertiary/aromatic N) is 1. The number of carbonyl (C=O) groups is 1. The van der Waals surface area contributed by atoms with E-state index in [1.165, 1.54) is 29.3 Å². The van der Waals surface area contributed by atoms with Crippen LogP contribution in [0.2, 0.25) is 0 Å². The first-order valence-corrected chi connectivity index (χ1v) is 14.6. The summed E-state index contributed by atoms with van der Waals surface area (Å²) in [5.41, 5.74) is -0.0917. The maximum atomic E-state index is 14.3. The Morgan fingerprint density at radius 3 is 2.37 bits per heavy atom. The molecular formula is C34H32F6N2O. The second kappa shape index (κ2) is 10.8. The highest BCUT2D eigenvalue weighted by Crippen LogP contribution is 2.49. The van der Waals surface area contributed by atoms with Crippen molar-refractivity contribution in [3.63, 3.8) is 0 Å². The van der Waals surface area contributed by atoms with Crippen LogP contribution in [0, 0.1) is 5.92 Å². The highest BCUT2D eigenvalue weighted by Gasteiger charge is 2.46. The van der Waals surface area contributed by atoms with Gasteiger partial charge in [0.25, 0.3) is 5.91 Å². The number of halogens is 6. The van der Waals surface area contributed by atoms with Crippen LogP contribution in [0.15, 0.2) is 72.8 Å². The first-order valence-electron chi connectivity index (χ1n) is 14.6. The summed E-state index contributed by atoms with van der Waals surface area (Å²) in [6.07, 6.45) is -1.98. The van der Waals surface area contributed by atoms with Crippen LogP contribution in [0.1, 0.15) is 76.7 Å². The van der Waals surface area contributed by atoms with Crippen molar-refractivity contribution in [2.45, 2.75) is 62.3 Å². The number of benzene rings is 3. The van der Waals surface area contributed by atoms with Crippen molar-refractivity contribution >= 4 is 17.7 Å². The second-order valence-electron chi connectivity index (χ2n) is 12.1. The van der Waals surface area contributed by atoms with Crippen molar-refractivity contribution in [1.82, 2.24) is 4.90 Å². The summed E-state index contributed by atoms with van der Waals surface area (Å²) in [7, 11) is 0. The predicted molar refractivity (Wildman–Crippen MR) is 154 cm³/mol. The van der Waals surface area contributed by atoms with Gasteiger partial charge in [0.2, 0.25) is 0 Å².